The molecule has 0 aliphatic heterocycles. The highest BCUT2D eigenvalue weighted by molar-refractivity contribution is 6.22. The lowest BCUT2D eigenvalue weighted by Crippen LogP contribution is -1.99. The Hall–Kier alpha value is -1.61. The number of furan rings is 1. The molecule has 0 spiro atoms. The van der Waals surface area contributed by atoms with Gasteiger partial charge in [-0.1, -0.05) is 0 Å². The minimum Gasteiger partial charge on any atom is -0.493 e. The third-order valence-corrected chi connectivity index (χ3v) is 3.51. The standard InChI is InChI=1S/C15H17ClO3/c1-9-7-13(17-3)14(18-4)8-11(9)15(16)12-6-5-10(2)19-12/h5-8,15H,1-4H3. The van der Waals surface area contributed by atoms with E-state index in [4.69, 9.17) is 25.5 Å². The Balaban J connectivity index is 2.44. The van der Waals surface area contributed by atoms with Crippen molar-refractivity contribution in [1.29, 1.82) is 0 Å². The van der Waals surface area contributed by atoms with Crippen molar-refractivity contribution >= 4 is 11.6 Å². The Morgan fingerprint density at radius 2 is 1.68 bits per heavy atom. The van der Waals surface area contributed by atoms with Crippen LogP contribution in [0.1, 0.15) is 28.0 Å². The summed E-state index contributed by atoms with van der Waals surface area (Å²) >= 11 is 6.48. The quantitative estimate of drug-likeness (QED) is 0.785. The SMILES string of the molecule is COc1cc(C)c(C(Cl)c2ccc(C)o2)cc1OC. The molecule has 102 valence electrons. The average molecular weight is 281 g/mol. The van der Waals surface area contributed by atoms with Gasteiger partial charge in [0.05, 0.1) is 14.2 Å². The van der Waals surface area contributed by atoms with Gasteiger partial charge in [0.25, 0.3) is 0 Å². The predicted molar refractivity (Wildman–Crippen MR) is 75.4 cm³/mol. The third-order valence-electron chi connectivity index (χ3n) is 3.06. The van der Waals surface area contributed by atoms with Crippen LogP contribution in [0.25, 0.3) is 0 Å². The Morgan fingerprint density at radius 3 is 2.21 bits per heavy atom. The summed E-state index contributed by atoms with van der Waals surface area (Å²) in [4.78, 5) is 0. The number of aryl methyl sites for hydroxylation is 2. The molecular formula is C15H17ClO3. The Kier molecular flexibility index (Phi) is 4.05. The summed E-state index contributed by atoms with van der Waals surface area (Å²) in [5.41, 5.74) is 1.99. The highest BCUT2D eigenvalue weighted by atomic mass is 35.5. The largest absolute Gasteiger partial charge is 0.493 e. The molecule has 1 atom stereocenters. The van der Waals surface area contributed by atoms with Gasteiger partial charge in [-0.3, -0.25) is 0 Å². The predicted octanol–water partition coefficient (Wildman–Crippen LogP) is 4.24. The zero-order chi connectivity index (χ0) is 14.0. The van der Waals surface area contributed by atoms with Crippen LogP contribution in [-0.4, -0.2) is 14.2 Å². The lowest BCUT2D eigenvalue weighted by molar-refractivity contribution is 0.354. The molecule has 2 rings (SSSR count). The molecule has 2 aromatic rings. The number of ether oxygens (including phenoxy) is 2. The first-order valence-electron chi connectivity index (χ1n) is 5.99. The van der Waals surface area contributed by atoms with Crippen LogP contribution in [0.15, 0.2) is 28.7 Å². The molecule has 0 N–H and O–H groups in total. The Morgan fingerprint density at radius 1 is 1.05 bits per heavy atom. The fraction of sp³-hybridized carbons (Fsp3) is 0.333. The molecule has 19 heavy (non-hydrogen) atoms. The fourth-order valence-electron chi connectivity index (χ4n) is 2.01. The number of methoxy groups -OCH3 is 2. The normalized spacial score (nSPS) is 12.3. The van der Waals surface area contributed by atoms with Crippen molar-refractivity contribution in [3.8, 4) is 11.5 Å². The van der Waals surface area contributed by atoms with Crippen LogP contribution in [0.5, 0.6) is 11.5 Å². The van der Waals surface area contributed by atoms with Crippen molar-refractivity contribution in [1.82, 2.24) is 0 Å². The topological polar surface area (TPSA) is 31.6 Å². The maximum absolute atomic E-state index is 6.48. The second-order valence-corrected chi connectivity index (χ2v) is 4.81. The van der Waals surface area contributed by atoms with E-state index < -0.39 is 0 Å². The van der Waals surface area contributed by atoms with Gasteiger partial charge in [-0.05, 0) is 49.2 Å². The van der Waals surface area contributed by atoms with E-state index in [1.807, 2.05) is 38.1 Å². The second kappa shape index (κ2) is 5.57. The van der Waals surface area contributed by atoms with Crippen LogP contribution in [0.2, 0.25) is 0 Å². The second-order valence-electron chi connectivity index (χ2n) is 4.37. The van der Waals surface area contributed by atoms with E-state index in [1.165, 1.54) is 0 Å². The molecule has 0 aliphatic carbocycles. The summed E-state index contributed by atoms with van der Waals surface area (Å²) in [6, 6.07) is 7.60. The van der Waals surface area contributed by atoms with Gasteiger partial charge in [0, 0.05) is 0 Å². The first-order chi connectivity index (χ1) is 9.06. The van der Waals surface area contributed by atoms with E-state index in [-0.39, 0.29) is 5.38 Å². The average Bonchev–Trinajstić information content (AvgIpc) is 2.84. The summed E-state index contributed by atoms with van der Waals surface area (Å²) in [7, 11) is 3.22. The number of benzene rings is 1. The van der Waals surface area contributed by atoms with Crippen LogP contribution in [0.4, 0.5) is 0 Å². The van der Waals surface area contributed by atoms with Crippen molar-refractivity contribution in [2.45, 2.75) is 19.2 Å². The fourth-order valence-corrected chi connectivity index (χ4v) is 2.36. The number of hydrogen-bond acceptors (Lipinski definition) is 3. The van der Waals surface area contributed by atoms with Crippen molar-refractivity contribution in [3.05, 3.63) is 46.9 Å². The van der Waals surface area contributed by atoms with Gasteiger partial charge in [-0.25, -0.2) is 0 Å². The minimum absolute atomic E-state index is 0.339. The van der Waals surface area contributed by atoms with E-state index in [0.717, 1.165) is 22.6 Å². The first kappa shape index (κ1) is 13.8. The highest BCUT2D eigenvalue weighted by Gasteiger charge is 2.19. The molecule has 1 aromatic heterocycles. The maximum Gasteiger partial charge on any atom is 0.161 e. The molecule has 1 aromatic carbocycles. The number of rotatable bonds is 4. The van der Waals surface area contributed by atoms with E-state index in [0.29, 0.717) is 11.5 Å². The van der Waals surface area contributed by atoms with E-state index in [2.05, 4.69) is 0 Å². The van der Waals surface area contributed by atoms with E-state index in [9.17, 15) is 0 Å². The molecule has 0 saturated heterocycles. The molecule has 1 heterocycles. The molecule has 0 amide bonds. The van der Waals surface area contributed by atoms with E-state index in [1.54, 1.807) is 14.2 Å². The molecule has 4 heteroatoms. The van der Waals surface area contributed by atoms with Gasteiger partial charge in [0.2, 0.25) is 0 Å². The number of hydrogen-bond donors (Lipinski definition) is 0. The molecule has 0 bridgehead atoms. The van der Waals surface area contributed by atoms with Gasteiger partial charge < -0.3 is 13.9 Å². The molecular weight excluding hydrogens is 264 g/mol. The summed E-state index contributed by atoms with van der Waals surface area (Å²) in [5, 5.41) is -0.339. The van der Waals surface area contributed by atoms with Crippen molar-refractivity contribution < 1.29 is 13.9 Å². The van der Waals surface area contributed by atoms with Crippen molar-refractivity contribution in [2.75, 3.05) is 14.2 Å². The number of alkyl halides is 1. The minimum atomic E-state index is -0.339. The lowest BCUT2D eigenvalue weighted by Gasteiger charge is -2.15. The van der Waals surface area contributed by atoms with Gasteiger partial charge >= 0.3 is 0 Å². The van der Waals surface area contributed by atoms with Gasteiger partial charge in [0.1, 0.15) is 16.9 Å². The highest BCUT2D eigenvalue weighted by Crippen LogP contribution is 2.38. The zero-order valence-electron chi connectivity index (χ0n) is 11.5. The van der Waals surface area contributed by atoms with Crippen LogP contribution in [0.3, 0.4) is 0 Å². The lowest BCUT2D eigenvalue weighted by atomic mass is 10.0. The van der Waals surface area contributed by atoms with Crippen molar-refractivity contribution in [2.24, 2.45) is 0 Å². The zero-order valence-corrected chi connectivity index (χ0v) is 12.2. The van der Waals surface area contributed by atoms with Crippen molar-refractivity contribution in [3.63, 3.8) is 0 Å². The van der Waals surface area contributed by atoms with Crippen LogP contribution < -0.4 is 9.47 Å². The third kappa shape index (κ3) is 2.71. The Bertz CT molecular complexity index is 575. The first-order valence-corrected chi connectivity index (χ1v) is 6.43. The Labute approximate surface area is 118 Å². The van der Waals surface area contributed by atoms with Crippen LogP contribution in [-0.2, 0) is 0 Å². The molecule has 1 unspecified atom stereocenters. The summed E-state index contributed by atoms with van der Waals surface area (Å²) < 4.78 is 16.2. The summed E-state index contributed by atoms with van der Waals surface area (Å²) in [6.45, 7) is 3.89. The van der Waals surface area contributed by atoms with Gasteiger partial charge in [-0.15, -0.1) is 11.6 Å². The molecule has 0 aliphatic rings. The van der Waals surface area contributed by atoms with E-state index >= 15 is 0 Å². The summed E-state index contributed by atoms with van der Waals surface area (Å²) in [6.07, 6.45) is 0. The van der Waals surface area contributed by atoms with Crippen LogP contribution in [0, 0.1) is 13.8 Å². The molecule has 0 fully saturated rings. The molecule has 0 radical (unpaired) electrons. The van der Waals surface area contributed by atoms with Gasteiger partial charge in [0.15, 0.2) is 11.5 Å². The molecule has 3 nitrogen and oxygen atoms in total. The monoisotopic (exact) mass is 280 g/mol. The maximum atomic E-state index is 6.48. The van der Waals surface area contributed by atoms with Crippen LogP contribution >= 0.6 is 11.6 Å². The molecule has 0 saturated carbocycles. The smallest absolute Gasteiger partial charge is 0.161 e. The van der Waals surface area contributed by atoms with Gasteiger partial charge in [-0.2, -0.15) is 0 Å². The number of halogens is 1. The summed E-state index contributed by atoms with van der Waals surface area (Å²) in [5.74, 6) is 2.94.